The van der Waals surface area contributed by atoms with Crippen LogP contribution in [0, 0.1) is 11.8 Å². The Hall–Kier alpha value is -3.92. The number of nitrogens with one attached hydrogen (secondary N) is 2. The van der Waals surface area contributed by atoms with Crippen molar-refractivity contribution in [3.05, 3.63) is 53.6 Å². The molecule has 2 N–H and O–H groups in total. The third kappa shape index (κ3) is 6.60. The summed E-state index contributed by atoms with van der Waals surface area (Å²) in [7, 11) is 4.59. The van der Waals surface area contributed by atoms with Gasteiger partial charge in [0.05, 0.1) is 27.9 Å². The Balaban J connectivity index is 1.93. The fourth-order valence-electron chi connectivity index (χ4n) is 2.55. The Labute approximate surface area is 176 Å². The predicted octanol–water partition coefficient (Wildman–Crippen LogP) is 2.85. The first-order valence-electron chi connectivity index (χ1n) is 9.09. The lowest BCUT2D eigenvalue weighted by Gasteiger charge is -2.12. The van der Waals surface area contributed by atoms with Gasteiger partial charge in [-0.15, -0.1) is 0 Å². The van der Waals surface area contributed by atoms with Gasteiger partial charge in [-0.3, -0.25) is 9.59 Å². The lowest BCUT2D eigenvalue weighted by molar-refractivity contribution is -0.116. The number of ether oxygens (including phenoxy) is 3. The van der Waals surface area contributed by atoms with Crippen molar-refractivity contribution in [3.63, 3.8) is 0 Å². The summed E-state index contributed by atoms with van der Waals surface area (Å²) in [5.41, 5.74) is 2.22. The second-order valence-corrected chi connectivity index (χ2v) is 6.07. The highest BCUT2D eigenvalue weighted by Gasteiger charge is 2.12. The van der Waals surface area contributed by atoms with Crippen molar-refractivity contribution in [1.82, 2.24) is 5.32 Å². The summed E-state index contributed by atoms with van der Waals surface area (Å²) in [6, 6.07) is 10.6. The van der Waals surface area contributed by atoms with Crippen molar-refractivity contribution in [2.24, 2.45) is 0 Å². The van der Waals surface area contributed by atoms with Crippen molar-refractivity contribution < 1.29 is 23.8 Å². The van der Waals surface area contributed by atoms with Crippen LogP contribution >= 0.6 is 0 Å². The Morgan fingerprint density at radius 1 is 1.00 bits per heavy atom. The van der Waals surface area contributed by atoms with E-state index in [9.17, 15) is 9.59 Å². The highest BCUT2D eigenvalue weighted by molar-refractivity contribution is 5.92. The molecule has 0 aliphatic rings. The molecule has 2 amide bonds. The summed E-state index contributed by atoms with van der Waals surface area (Å²) >= 11 is 0. The summed E-state index contributed by atoms with van der Waals surface area (Å²) in [6.45, 7) is 1.65. The number of anilines is 1. The monoisotopic (exact) mass is 408 g/mol. The van der Waals surface area contributed by atoms with E-state index in [0.29, 0.717) is 22.9 Å². The van der Waals surface area contributed by atoms with Crippen LogP contribution in [0.1, 0.15) is 18.1 Å². The Bertz CT molecular complexity index is 960. The predicted molar refractivity (Wildman–Crippen MR) is 116 cm³/mol. The minimum absolute atomic E-state index is 0.129. The minimum atomic E-state index is -0.279. The van der Waals surface area contributed by atoms with Crippen LogP contribution in [0.25, 0.3) is 6.08 Å². The third-order valence-electron chi connectivity index (χ3n) is 3.90. The highest BCUT2D eigenvalue weighted by atomic mass is 16.5. The number of carbonyl (C=O) groups is 2. The van der Waals surface area contributed by atoms with Gasteiger partial charge in [0, 0.05) is 24.3 Å². The van der Waals surface area contributed by atoms with E-state index in [1.807, 2.05) is 0 Å². The molecule has 0 heterocycles. The van der Waals surface area contributed by atoms with Crippen LogP contribution < -0.4 is 24.8 Å². The van der Waals surface area contributed by atoms with Crippen LogP contribution in [0.15, 0.2) is 42.5 Å². The molecule has 0 atom stereocenters. The molecule has 7 heteroatoms. The molecule has 0 radical (unpaired) electrons. The molecule has 2 aromatic carbocycles. The van der Waals surface area contributed by atoms with Gasteiger partial charge in [-0.05, 0) is 48.0 Å². The molecule has 2 aromatic rings. The van der Waals surface area contributed by atoms with Gasteiger partial charge in [0.25, 0.3) is 0 Å². The van der Waals surface area contributed by atoms with E-state index in [4.69, 9.17) is 14.2 Å². The van der Waals surface area contributed by atoms with E-state index in [-0.39, 0.29) is 18.4 Å². The third-order valence-corrected chi connectivity index (χ3v) is 3.90. The normalized spacial score (nSPS) is 10.0. The van der Waals surface area contributed by atoms with Crippen molar-refractivity contribution in [2.75, 3.05) is 33.2 Å². The average molecular weight is 408 g/mol. The van der Waals surface area contributed by atoms with Crippen LogP contribution in [0.2, 0.25) is 0 Å². The maximum Gasteiger partial charge on any atom is 0.244 e. The van der Waals surface area contributed by atoms with Crippen molar-refractivity contribution in [1.29, 1.82) is 0 Å². The summed E-state index contributed by atoms with van der Waals surface area (Å²) < 4.78 is 15.9. The van der Waals surface area contributed by atoms with Crippen LogP contribution in [-0.4, -0.2) is 39.7 Å². The molecular weight excluding hydrogens is 384 g/mol. The number of amides is 2. The number of hydrogen-bond donors (Lipinski definition) is 2. The lowest BCUT2D eigenvalue weighted by atomic mass is 10.1. The molecule has 156 valence electrons. The lowest BCUT2D eigenvalue weighted by Crippen LogP contribution is -2.20. The summed E-state index contributed by atoms with van der Waals surface area (Å²) in [5.74, 6) is 6.93. The molecule has 0 unspecified atom stereocenters. The number of rotatable bonds is 7. The average Bonchev–Trinajstić information content (AvgIpc) is 2.75. The second-order valence-electron chi connectivity index (χ2n) is 6.07. The van der Waals surface area contributed by atoms with E-state index in [1.54, 1.807) is 42.5 Å². The largest absolute Gasteiger partial charge is 0.493 e. The highest BCUT2D eigenvalue weighted by Crippen LogP contribution is 2.38. The Kier molecular flexibility index (Phi) is 8.33. The molecule has 0 aliphatic heterocycles. The number of carbonyl (C=O) groups excluding carboxylic acids is 2. The second kappa shape index (κ2) is 11.2. The Morgan fingerprint density at radius 3 is 2.17 bits per heavy atom. The maximum absolute atomic E-state index is 12.0. The first-order valence-corrected chi connectivity index (χ1v) is 9.09. The van der Waals surface area contributed by atoms with Crippen LogP contribution in [0.4, 0.5) is 5.69 Å². The molecule has 0 saturated heterocycles. The topological polar surface area (TPSA) is 85.9 Å². The number of methoxy groups -OCH3 is 3. The number of benzene rings is 2. The van der Waals surface area contributed by atoms with Gasteiger partial charge in [-0.1, -0.05) is 11.8 Å². The van der Waals surface area contributed by atoms with E-state index in [1.165, 1.54) is 34.3 Å². The fraction of sp³-hybridized carbons (Fsp3) is 0.217. The molecule has 30 heavy (non-hydrogen) atoms. The zero-order chi connectivity index (χ0) is 21.9. The summed E-state index contributed by atoms with van der Waals surface area (Å²) in [6.07, 6.45) is 3.05. The molecule has 7 nitrogen and oxygen atoms in total. The van der Waals surface area contributed by atoms with Crippen molar-refractivity contribution in [3.8, 4) is 29.1 Å². The fourth-order valence-corrected chi connectivity index (χ4v) is 2.55. The van der Waals surface area contributed by atoms with Gasteiger partial charge < -0.3 is 24.8 Å². The Morgan fingerprint density at radius 2 is 1.63 bits per heavy atom. The molecule has 0 fully saturated rings. The molecule has 0 aliphatic carbocycles. The van der Waals surface area contributed by atoms with Crippen LogP contribution in [0.5, 0.6) is 17.2 Å². The van der Waals surface area contributed by atoms with Crippen LogP contribution in [0.3, 0.4) is 0 Å². The SMILES string of the molecule is COc1cc(/C=C/C(=O)NCC#Cc2ccc(NC(C)=O)cc2)cc(OC)c1OC. The van der Waals surface area contributed by atoms with Crippen LogP contribution in [-0.2, 0) is 9.59 Å². The zero-order valence-electron chi connectivity index (χ0n) is 17.4. The van der Waals surface area contributed by atoms with Gasteiger partial charge in [0.15, 0.2) is 11.5 Å². The number of hydrogen-bond acceptors (Lipinski definition) is 5. The van der Waals surface area contributed by atoms with Gasteiger partial charge in [0.2, 0.25) is 17.6 Å². The first kappa shape index (κ1) is 22.4. The quantitative estimate of drug-likeness (QED) is 0.544. The molecule has 0 saturated carbocycles. The molecule has 0 bridgehead atoms. The van der Waals surface area contributed by atoms with Crippen molar-refractivity contribution in [2.45, 2.75) is 6.92 Å². The van der Waals surface area contributed by atoms with Gasteiger partial charge >= 0.3 is 0 Å². The molecule has 2 rings (SSSR count). The van der Waals surface area contributed by atoms with E-state index < -0.39 is 0 Å². The maximum atomic E-state index is 12.0. The van der Waals surface area contributed by atoms with Gasteiger partial charge in [-0.25, -0.2) is 0 Å². The molecular formula is C23H24N2O5. The smallest absolute Gasteiger partial charge is 0.244 e. The molecule has 0 aromatic heterocycles. The van der Waals surface area contributed by atoms with E-state index >= 15 is 0 Å². The molecule has 0 spiro atoms. The van der Waals surface area contributed by atoms with E-state index in [0.717, 1.165) is 11.1 Å². The van der Waals surface area contributed by atoms with Crippen molar-refractivity contribution >= 4 is 23.6 Å². The summed E-state index contributed by atoms with van der Waals surface area (Å²) in [5, 5.41) is 5.38. The van der Waals surface area contributed by atoms with E-state index in [2.05, 4.69) is 22.5 Å². The minimum Gasteiger partial charge on any atom is -0.493 e. The standard InChI is InChI=1S/C23H24N2O5/c1-16(26)25-19-10-7-17(8-11-19)6-5-13-24-22(27)12-9-18-14-20(28-2)23(30-4)21(15-18)29-3/h7-12,14-15H,13H2,1-4H3,(H,24,27)(H,25,26)/b12-9+. The first-order chi connectivity index (χ1) is 14.5. The van der Waals surface area contributed by atoms with Gasteiger partial charge in [-0.2, -0.15) is 0 Å². The van der Waals surface area contributed by atoms with Gasteiger partial charge in [0.1, 0.15) is 0 Å². The zero-order valence-corrected chi connectivity index (χ0v) is 17.4. The summed E-state index contributed by atoms with van der Waals surface area (Å²) in [4.78, 5) is 23.0.